The van der Waals surface area contributed by atoms with Crippen molar-refractivity contribution in [1.82, 2.24) is 0 Å². The van der Waals surface area contributed by atoms with Crippen molar-refractivity contribution in [2.24, 2.45) is 0 Å². The molecule has 1 fully saturated rings. The molecule has 0 spiro atoms. The van der Waals surface area contributed by atoms with Crippen LogP contribution in [0, 0.1) is 0 Å². The van der Waals surface area contributed by atoms with Crippen LogP contribution in [0.15, 0.2) is 12.1 Å². The van der Waals surface area contributed by atoms with E-state index in [0.717, 1.165) is 23.2 Å². The van der Waals surface area contributed by atoms with Gasteiger partial charge in [-0.05, 0) is 36.5 Å². The third-order valence-electron chi connectivity index (χ3n) is 2.72. The maximum atomic E-state index is 10.9. The summed E-state index contributed by atoms with van der Waals surface area (Å²) in [6.45, 7) is 0.266. The van der Waals surface area contributed by atoms with Gasteiger partial charge in [0.05, 0.1) is 0 Å². The van der Waals surface area contributed by atoms with Crippen molar-refractivity contribution in [2.45, 2.75) is 18.8 Å². The van der Waals surface area contributed by atoms with Gasteiger partial charge >= 0.3 is 0 Å². The second-order valence-electron chi connectivity index (χ2n) is 3.73. The van der Waals surface area contributed by atoms with Crippen molar-refractivity contribution in [3.63, 3.8) is 0 Å². The van der Waals surface area contributed by atoms with Crippen LogP contribution in [-0.4, -0.2) is 13.1 Å². The smallest absolute Gasteiger partial charge is 0.231 e. The molecule has 1 aromatic rings. The van der Waals surface area contributed by atoms with Gasteiger partial charge in [-0.3, -0.25) is 4.79 Å². The number of carbonyl (C=O) groups excluding carboxylic acids is 1. The first-order valence-corrected chi connectivity index (χ1v) is 4.77. The third-order valence-corrected chi connectivity index (χ3v) is 2.72. The predicted octanol–water partition coefficient (Wildman–Crippen LogP) is 2.11. The summed E-state index contributed by atoms with van der Waals surface area (Å²) in [7, 11) is 0. The van der Waals surface area contributed by atoms with E-state index in [1.165, 1.54) is 12.8 Å². The molecule has 72 valence electrons. The molecule has 3 nitrogen and oxygen atoms in total. The van der Waals surface area contributed by atoms with Gasteiger partial charge in [-0.1, -0.05) is 0 Å². The summed E-state index contributed by atoms with van der Waals surface area (Å²) in [5.74, 6) is 2.03. The minimum absolute atomic E-state index is 0.266. The Bertz CT molecular complexity index is 394. The average Bonchev–Trinajstić information content (AvgIpc) is 2.95. The molecule has 0 N–H and O–H groups in total. The topological polar surface area (TPSA) is 35.5 Å². The molecule has 2 aliphatic rings. The van der Waals surface area contributed by atoms with E-state index >= 15 is 0 Å². The number of hydrogen-bond acceptors (Lipinski definition) is 3. The van der Waals surface area contributed by atoms with Gasteiger partial charge in [0, 0.05) is 5.56 Å². The molecule has 0 unspecified atom stereocenters. The lowest BCUT2D eigenvalue weighted by molar-refractivity contribution is 0.112. The van der Waals surface area contributed by atoms with Crippen LogP contribution in [0.3, 0.4) is 0 Å². The molecule has 0 amide bonds. The molecule has 0 aromatic heterocycles. The normalized spacial score (nSPS) is 18.3. The van der Waals surface area contributed by atoms with E-state index in [4.69, 9.17) is 9.47 Å². The molecule has 0 bridgehead atoms. The molecular weight excluding hydrogens is 180 g/mol. The van der Waals surface area contributed by atoms with Crippen molar-refractivity contribution in [3.05, 3.63) is 23.3 Å². The molecule has 0 radical (unpaired) electrons. The summed E-state index contributed by atoms with van der Waals surface area (Å²) in [4.78, 5) is 10.9. The van der Waals surface area contributed by atoms with E-state index in [-0.39, 0.29) is 6.79 Å². The zero-order valence-electron chi connectivity index (χ0n) is 7.66. The molecular formula is C11H10O3. The Morgan fingerprint density at radius 2 is 1.93 bits per heavy atom. The monoisotopic (exact) mass is 190 g/mol. The second kappa shape index (κ2) is 2.74. The standard InChI is InChI=1S/C11H10O3/c12-5-8-3-10-11(14-6-13-10)4-9(8)7-1-2-7/h3-5,7H,1-2,6H2. The minimum atomic E-state index is 0.266. The van der Waals surface area contributed by atoms with Crippen molar-refractivity contribution < 1.29 is 14.3 Å². The number of aldehydes is 1. The summed E-state index contributed by atoms with van der Waals surface area (Å²) >= 11 is 0. The van der Waals surface area contributed by atoms with E-state index in [0.29, 0.717) is 11.7 Å². The summed E-state index contributed by atoms with van der Waals surface area (Å²) in [5, 5.41) is 0. The van der Waals surface area contributed by atoms with Gasteiger partial charge in [-0.15, -0.1) is 0 Å². The Morgan fingerprint density at radius 3 is 2.57 bits per heavy atom. The number of hydrogen-bond donors (Lipinski definition) is 0. The van der Waals surface area contributed by atoms with Crippen LogP contribution in [0.4, 0.5) is 0 Å². The summed E-state index contributed by atoms with van der Waals surface area (Å²) in [6, 6.07) is 3.73. The fourth-order valence-electron chi connectivity index (χ4n) is 1.82. The van der Waals surface area contributed by atoms with Crippen molar-refractivity contribution in [2.75, 3.05) is 6.79 Å². The van der Waals surface area contributed by atoms with Gasteiger partial charge in [0.1, 0.15) is 6.29 Å². The van der Waals surface area contributed by atoms with E-state index in [9.17, 15) is 4.79 Å². The quantitative estimate of drug-likeness (QED) is 0.670. The van der Waals surface area contributed by atoms with Crippen LogP contribution in [0.25, 0.3) is 0 Å². The highest BCUT2D eigenvalue weighted by atomic mass is 16.7. The Balaban J connectivity index is 2.13. The fourth-order valence-corrected chi connectivity index (χ4v) is 1.82. The van der Waals surface area contributed by atoms with Gasteiger partial charge in [-0.2, -0.15) is 0 Å². The van der Waals surface area contributed by atoms with Gasteiger partial charge in [0.15, 0.2) is 11.5 Å². The van der Waals surface area contributed by atoms with Crippen LogP contribution in [-0.2, 0) is 0 Å². The summed E-state index contributed by atoms with van der Waals surface area (Å²) < 4.78 is 10.5. The molecule has 0 saturated heterocycles. The summed E-state index contributed by atoms with van der Waals surface area (Å²) in [5.41, 5.74) is 1.86. The van der Waals surface area contributed by atoms with Gasteiger partial charge in [-0.25, -0.2) is 0 Å². The number of benzene rings is 1. The van der Waals surface area contributed by atoms with Gasteiger partial charge in [0.2, 0.25) is 6.79 Å². The Hall–Kier alpha value is -1.51. The maximum absolute atomic E-state index is 10.9. The minimum Gasteiger partial charge on any atom is -0.454 e. The number of fused-ring (bicyclic) bond motifs is 1. The van der Waals surface area contributed by atoms with Crippen molar-refractivity contribution in [1.29, 1.82) is 0 Å². The van der Waals surface area contributed by atoms with Crippen molar-refractivity contribution in [3.8, 4) is 11.5 Å². The third kappa shape index (κ3) is 1.09. The zero-order valence-corrected chi connectivity index (χ0v) is 7.66. The Morgan fingerprint density at radius 1 is 1.21 bits per heavy atom. The fraction of sp³-hybridized carbons (Fsp3) is 0.364. The molecule has 0 atom stereocenters. The van der Waals surface area contributed by atoms with Crippen LogP contribution in [0.5, 0.6) is 11.5 Å². The number of ether oxygens (including phenoxy) is 2. The maximum Gasteiger partial charge on any atom is 0.231 e. The van der Waals surface area contributed by atoms with E-state index in [1.54, 1.807) is 6.07 Å². The average molecular weight is 190 g/mol. The molecule has 1 aromatic carbocycles. The Labute approximate surface area is 81.6 Å². The highest BCUT2D eigenvalue weighted by molar-refractivity contribution is 5.80. The predicted molar refractivity (Wildman–Crippen MR) is 49.9 cm³/mol. The van der Waals surface area contributed by atoms with Gasteiger partial charge in [0.25, 0.3) is 0 Å². The Kier molecular flexibility index (Phi) is 1.54. The van der Waals surface area contributed by atoms with E-state index in [1.807, 2.05) is 6.07 Å². The molecule has 1 heterocycles. The van der Waals surface area contributed by atoms with Crippen LogP contribution in [0.1, 0.15) is 34.7 Å². The van der Waals surface area contributed by atoms with Crippen LogP contribution in [0.2, 0.25) is 0 Å². The molecule has 1 aliphatic carbocycles. The highest BCUT2D eigenvalue weighted by Gasteiger charge is 2.28. The largest absolute Gasteiger partial charge is 0.454 e. The SMILES string of the molecule is O=Cc1cc2c(cc1C1CC1)OCO2. The first-order valence-electron chi connectivity index (χ1n) is 4.77. The van der Waals surface area contributed by atoms with Crippen LogP contribution >= 0.6 is 0 Å². The lowest BCUT2D eigenvalue weighted by Crippen LogP contribution is -1.92. The second-order valence-corrected chi connectivity index (χ2v) is 3.73. The molecule has 1 aliphatic heterocycles. The molecule has 3 heteroatoms. The van der Waals surface area contributed by atoms with Gasteiger partial charge < -0.3 is 9.47 Å². The molecule has 14 heavy (non-hydrogen) atoms. The molecule has 1 saturated carbocycles. The van der Waals surface area contributed by atoms with Crippen LogP contribution < -0.4 is 9.47 Å². The van der Waals surface area contributed by atoms with Crippen molar-refractivity contribution >= 4 is 6.29 Å². The lowest BCUT2D eigenvalue weighted by Gasteiger charge is -2.04. The number of carbonyl (C=O) groups is 1. The lowest BCUT2D eigenvalue weighted by atomic mass is 10.0. The first-order chi connectivity index (χ1) is 6.88. The summed E-state index contributed by atoms with van der Waals surface area (Å²) in [6.07, 6.45) is 3.26. The highest BCUT2D eigenvalue weighted by Crippen LogP contribution is 2.45. The zero-order chi connectivity index (χ0) is 9.54. The van der Waals surface area contributed by atoms with E-state index < -0.39 is 0 Å². The number of rotatable bonds is 2. The molecule has 3 rings (SSSR count). The van der Waals surface area contributed by atoms with E-state index in [2.05, 4.69) is 0 Å². The first kappa shape index (κ1) is 7.85.